The van der Waals surface area contributed by atoms with Crippen LogP contribution in [0.25, 0.3) is 0 Å². The molecule has 0 aromatic carbocycles. The first-order chi connectivity index (χ1) is 5.45. The molecule has 1 aliphatic carbocycles. The smallest absolute Gasteiger partial charge is 0.0498 e. The lowest BCUT2D eigenvalue weighted by Crippen LogP contribution is -1.99. The highest BCUT2D eigenvalue weighted by molar-refractivity contribution is 5.08. The summed E-state index contributed by atoms with van der Waals surface area (Å²) in [5, 5.41) is 0. The van der Waals surface area contributed by atoms with Gasteiger partial charge in [-0.05, 0) is 38.0 Å². The highest BCUT2D eigenvalue weighted by Crippen LogP contribution is 2.27. The van der Waals surface area contributed by atoms with Gasteiger partial charge in [-0.1, -0.05) is 11.6 Å². The van der Waals surface area contributed by atoms with Crippen molar-refractivity contribution in [2.45, 2.75) is 32.1 Å². The van der Waals surface area contributed by atoms with Crippen molar-refractivity contribution in [2.75, 3.05) is 13.2 Å². The minimum Gasteiger partial charge on any atom is -0.381 e. The molecule has 0 saturated carbocycles. The summed E-state index contributed by atoms with van der Waals surface area (Å²) in [6, 6.07) is 0. The zero-order valence-electron chi connectivity index (χ0n) is 7.01. The summed E-state index contributed by atoms with van der Waals surface area (Å²) in [6.07, 6.45) is 9.11. The zero-order chi connectivity index (χ0) is 7.52. The Balaban J connectivity index is 1.79. The van der Waals surface area contributed by atoms with Gasteiger partial charge < -0.3 is 4.74 Å². The van der Waals surface area contributed by atoms with Crippen LogP contribution in [-0.2, 0) is 4.74 Å². The zero-order valence-corrected chi connectivity index (χ0v) is 7.01. The van der Waals surface area contributed by atoms with E-state index < -0.39 is 0 Å². The van der Waals surface area contributed by atoms with Crippen molar-refractivity contribution in [1.29, 1.82) is 0 Å². The topological polar surface area (TPSA) is 9.23 Å². The van der Waals surface area contributed by atoms with Gasteiger partial charge in [-0.15, -0.1) is 0 Å². The number of rotatable bonds is 2. The lowest BCUT2D eigenvalue weighted by molar-refractivity contribution is 0.185. The van der Waals surface area contributed by atoms with Crippen LogP contribution in [0, 0.1) is 5.92 Å². The molecule has 0 amide bonds. The molecular weight excluding hydrogens is 136 g/mol. The van der Waals surface area contributed by atoms with Crippen LogP contribution < -0.4 is 0 Å². The first kappa shape index (κ1) is 7.35. The van der Waals surface area contributed by atoms with Crippen molar-refractivity contribution in [3.05, 3.63) is 11.6 Å². The molecule has 0 bridgehead atoms. The first-order valence-corrected chi connectivity index (χ1v) is 4.71. The molecule has 1 atom stereocenters. The van der Waals surface area contributed by atoms with Crippen LogP contribution in [0.1, 0.15) is 32.1 Å². The van der Waals surface area contributed by atoms with Crippen LogP contribution >= 0.6 is 0 Å². The molecule has 0 spiro atoms. The number of allylic oxidation sites excluding steroid dienone is 2. The van der Waals surface area contributed by atoms with Crippen LogP contribution in [-0.4, -0.2) is 13.2 Å². The van der Waals surface area contributed by atoms with Crippen LogP contribution in [0.5, 0.6) is 0 Å². The van der Waals surface area contributed by atoms with E-state index in [1.54, 1.807) is 5.57 Å². The summed E-state index contributed by atoms with van der Waals surface area (Å²) in [4.78, 5) is 0. The fraction of sp³-hybridized carbons (Fsp3) is 0.800. The lowest BCUT2D eigenvalue weighted by atomic mass is 9.98. The molecule has 1 heterocycles. The van der Waals surface area contributed by atoms with Crippen molar-refractivity contribution in [3.8, 4) is 0 Å². The summed E-state index contributed by atoms with van der Waals surface area (Å²) in [5.74, 6) is 0.847. The van der Waals surface area contributed by atoms with E-state index in [0.29, 0.717) is 0 Å². The van der Waals surface area contributed by atoms with Crippen molar-refractivity contribution in [3.63, 3.8) is 0 Å². The summed E-state index contributed by atoms with van der Waals surface area (Å²) in [5.41, 5.74) is 1.69. The molecule has 1 heteroatoms. The molecule has 62 valence electrons. The fourth-order valence-corrected chi connectivity index (χ4v) is 2.04. The molecule has 2 aliphatic rings. The minimum absolute atomic E-state index is 0.847. The van der Waals surface area contributed by atoms with Gasteiger partial charge in [0, 0.05) is 13.2 Å². The molecule has 1 aliphatic heterocycles. The predicted molar refractivity (Wildman–Crippen MR) is 45.5 cm³/mol. The van der Waals surface area contributed by atoms with Gasteiger partial charge in [0.2, 0.25) is 0 Å². The fourth-order valence-electron chi connectivity index (χ4n) is 2.04. The molecular formula is C10H16O. The maximum atomic E-state index is 5.34. The third-order valence-corrected chi connectivity index (χ3v) is 2.71. The van der Waals surface area contributed by atoms with Crippen molar-refractivity contribution in [2.24, 2.45) is 5.92 Å². The van der Waals surface area contributed by atoms with Crippen LogP contribution in [0.2, 0.25) is 0 Å². The third kappa shape index (κ3) is 1.84. The Morgan fingerprint density at radius 3 is 3.18 bits per heavy atom. The quantitative estimate of drug-likeness (QED) is 0.552. The van der Waals surface area contributed by atoms with Gasteiger partial charge in [-0.3, -0.25) is 0 Å². The van der Waals surface area contributed by atoms with Crippen LogP contribution in [0.15, 0.2) is 11.6 Å². The highest BCUT2D eigenvalue weighted by atomic mass is 16.5. The van der Waals surface area contributed by atoms with E-state index in [-0.39, 0.29) is 0 Å². The van der Waals surface area contributed by atoms with E-state index in [1.165, 1.54) is 32.1 Å². The van der Waals surface area contributed by atoms with Gasteiger partial charge in [0.1, 0.15) is 0 Å². The Labute approximate surface area is 68.4 Å². The maximum absolute atomic E-state index is 5.34. The van der Waals surface area contributed by atoms with E-state index in [4.69, 9.17) is 4.74 Å². The normalized spacial score (nSPS) is 30.9. The van der Waals surface area contributed by atoms with Gasteiger partial charge in [-0.2, -0.15) is 0 Å². The van der Waals surface area contributed by atoms with E-state index >= 15 is 0 Å². The average molecular weight is 152 g/mol. The second-order valence-electron chi connectivity index (χ2n) is 3.69. The summed E-state index contributed by atoms with van der Waals surface area (Å²) in [6.45, 7) is 2.01. The monoisotopic (exact) mass is 152 g/mol. The SMILES string of the molecule is C1=C(CC2CCOC2)CCC1. The Kier molecular flexibility index (Phi) is 2.27. The predicted octanol–water partition coefficient (Wildman–Crippen LogP) is 2.52. The Morgan fingerprint density at radius 1 is 1.55 bits per heavy atom. The van der Waals surface area contributed by atoms with E-state index in [0.717, 1.165) is 19.1 Å². The number of hydrogen-bond acceptors (Lipinski definition) is 1. The minimum atomic E-state index is 0.847. The third-order valence-electron chi connectivity index (χ3n) is 2.71. The molecule has 0 aromatic heterocycles. The average Bonchev–Trinajstić information content (AvgIpc) is 2.60. The van der Waals surface area contributed by atoms with Gasteiger partial charge in [0.15, 0.2) is 0 Å². The van der Waals surface area contributed by atoms with Crippen LogP contribution in [0.4, 0.5) is 0 Å². The Hall–Kier alpha value is -0.300. The number of hydrogen-bond donors (Lipinski definition) is 0. The molecule has 0 N–H and O–H groups in total. The van der Waals surface area contributed by atoms with Gasteiger partial charge >= 0.3 is 0 Å². The van der Waals surface area contributed by atoms with E-state index in [1.807, 2.05) is 0 Å². The number of ether oxygens (including phenoxy) is 1. The second-order valence-corrected chi connectivity index (χ2v) is 3.69. The molecule has 2 rings (SSSR count). The molecule has 1 nitrogen and oxygen atoms in total. The lowest BCUT2D eigenvalue weighted by Gasteiger charge is -2.06. The summed E-state index contributed by atoms with van der Waals surface area (Å²) < 4.78 is 5.34. The van der Waals surface area contributed by atoms with E-state index in [2.05, 4.69) is 6.08 Å². The Bertz CT molecular complexity index is 154. The van der Waals surface area contributed by atoms with Crippen LogP contribution in [0.3, 0.4) is 0 Å². The summed E-state index contributed by atoms with van der Waals surface area (Å²) in [7, 11) is 0. The molecule has 0 radical (unpaired) electrons. The van der Waals surface area contributed by atoms with E-state index in [9.17, 15) is 0 Å². The van der Waals surface area contributed by atoms with Gasteiger partial charge in [-0.25, -0.2) is 0 Å². The molecule has 1 saturated heterocycles. The molecule has 0 aromatic rings. The summed E-state index contributed by atoms with van der Waals surface area (Å²) >= 11 is 0. The van der Waals surface area contributed by atoms with Gasteiger partial charge in [0.05, 0.1) is 0 Å². The molecule has 11 heavy (non-hydrogen) atoms. The first-order valence-electron chi connectivity index (χ1n) is 4.71. The standard InChI is InChI=1S/C10H16O/c1-2-4-9(3-1)7-10-5-6-11-8-10/h3,10H,1-2,4-8H2. The van der Waals surface area contributed by atoms with Gasteiger partial charge in [0.25, 0.3) is 0 Å². The maximum Gasteiger partial charge on any atom is 0.0498 e. The largest absolute Gasteiger partial charge is 0.381 e. The van der Waals surface area contributed by atoms with Crippen molar-refractivity contribution >= 4 is 0 Å². The van der Waals surface area contributed by atoms with Crippen molar-refractivity contribution in [1.82, 2.24) is 0 Å². The highest BCUT2D eigenvalue weighted by Gasteiger charge is 2.17. The molecule has 1 unspecified atom stereocenters. The molecule has 1 fully saturated rings. The Morgan fingerprint density at radius 2 is 2.55 bits per heavy atom. The second kappa shape index (κ2) is 3.40. The van der Waals surface area contributed by atoms with Crippen molar-refractivity contribution < 1.29 is 4.74 Å².